The highest BCUT2D eigenvalue weighted by atomic mass is 16.6. The number of esters is 1. The van der Waals surface area contributed by atoms with E-state index >= 15 is 0 Å². The second kappa shape index (κ2) is 6.78. The Kier molecular flexibility index (Phi) is 4.81. The molecule has 0 atom stereocenters. The van der Waals surface area contributed by atoms with Crippen molar-refractivity contribution in [3.05, 3.63) is 41.3 Å². The fourth-order valence-corrected chi connectivity index (χ4v) is 1.69. The summed E-state index contributed by atoms with van der Waals surface area (Å²) in [5.41, 5.74) is 2.87. The van der Waals surface area contributed by atoms with Gasteiger partial charge in [0.25, 0.3) is 5.91 Å². The van der Waals surface area contributed by atoms with Crippen LogP contribution in [0.25, 0.3) is 0 Å². The molecule has 0 aromatic heterocycles. The van der Waals surface area contributed by atoms with Gasteiger partial charge in [-0.1, -0.05) is 6.07 Å². The minimum atomic E-state index is -0.718. The highest BCUT2D eigenvalue weighted by Gasteiger charge is 2.17. The van der Waals surface area contributed by atoms with E-state index < -0.39 is 11.9 Å². The lowest BCUT2D eigenvalue weighted by Crippen LogP contribution is -2.23. The van der Waals surface area contributed by atoms with Gasteiger partial charge in [0.05, 0.1) is 0 Å². The van der Waals surface area contributed by atoms with E-state index in [0.717, 1.165) is 11.1 Å². The summed E-state index contributed by atoms with van der Waals surface area (Å²) in [4.78, 5) is 23.3. The molecule has 1 aliphatic rings. The van der Waals surface area contributed by atoms with E-state index in [-0.39, 0.29) is 19.0 Å². The van der Waals surface area contributed by atoms with Crippen molar-refractivity contribution < 1.29 is 23.8 Å². The molecule has 6 nitrogen and oxygen atoms in total. The second-order valence-electron chi connectivity index (χ2n) is 4.62. The van der Waals surface area contributed by atoms with Crippen LogP contribution in [-0.4, -0.2) is 31.7 Å². The average molecular weight is 291 g/mol. The normalized spacial score (nSPS) is 13.5. The van der Waals surface area contributed by atoms with Crippen molar-refractivity contribution in [3.63, 3.8) is 0 Å². The Balaban J connectivity index is 1.83. The molecule has 2 rings (SSSR count). The van der Waals surface area contributed by atoms with Gasteiger partial charge >= 0.3 is 5.97 Å². The third-order valence-corrected chi connectivity index (χ3v) is 2.98. The van der Waals surface area contributed by atoms with Crippen LogP contribution >= 0.6 is 0 Å². The Hall–Kier alpha value is -2.50. The highest BCUT2D eigenvalue weighted by Crippen LogP contribution is 2.14. The van der Waals surface area contributed by atoms with Crippen molar-refractivity contribution >= 4 is 17.6 Å². The SMILES string of the molecule is Cc1ccc(NC(=O)COC(=O)C2=COCCO2)cc1C. The lowest BCUT2D eigenvalue weighted by molar-refractivity contribution is -0.148. The summed E-state index contributed by atoms with van der Waals surface area (Å²) in [6.07, 6.45) is 1.19. The lowest BCUT2D eigenvalue weighted by atomic mass is 10.1. The van der Waals surface area contributed by atoms with Gasteiger partial charge in [-0.3, -0.25) is 4.79 Å². The molecule has 0 bridgehead atoms. The summed E-state index contributed by atoms with van der Waals surface area (Å²) < 4.78 is 14.8. The summed E-state index contributed by atoms with van der Waals surface area (Å²) in [6.45, 7) is 4.24. The van der Waals surface area contributed by atoms with E-state index in [1.807, 2.05) is 26.0 Å². The molecule has 0 fully saturated rings. The first-order valence-corrected chi connectivity index (χ1v) is 6.55. The zero-order valence-electron chi connectivity index (χ0n) is 12.0. The monoisotopic (exact) mass is 291 g/mol. The molecule has 0 aliphatic carbocycles. The predicted molar refractivity (Wildman–Crippen MR) is 75.5 cm³/mol. The van der Waals surface area contributed by atoms with E-state index in [1.165, 1.54) is 6.26 Å². The van der Waals surface area contributed by atoms with Crippen molar-refractivity contribution in [1.29, 1.82) is 0 Å². The molecule has 112 valence electrons. The Bertz CT molecular complexity index is 579. The van der Waals surface area contributed by atoms with Gasteiger partial charge in [0.1, 0.15) is 19.5 Å². The molecule has 1 aromatic carbocycles. The lowest BCUT2D eigenvalue weighted by Gasteiger charge is -2.14. The minimum absolute atomic E-state index is 0.0276. The van der Waals surface area contributed by atoms with Gasteiger partial charge < -0.3 is 19.5 Å². The van der Waals surface area contributed by atoms with Crippen LogP contribution in [-0.2, 0) is 23.8 Å². The molecule has 0 radical (unpaired) electrons. The number of rotatable bonds is 4. The topological polar surface area (TPSA) is 73.9 Å². The van der Waals surface area contributed by atoms with Crippen LogP contribution in [0.1, 0.15) is 11.1 Å². The van der Waals surface area contributed by atoms with Crippen molar-refractivity contribution in [2.45, 2.75) is 13.8 Å². The molecule has 6 heteroatoms. The third-order valence-electron chi connectivity index (χ3n) is 2.98. The Morgan fingerprint density at radius 2 is 2.05 bits per heavy atom. The van der Waals surface area contributed by atoms with Gasteiger partial charge in [0.2, 0.25) is 5.76 Å². The maximum absolute atomic E-state index is 11.7. The Morgan fingerprint density at radius 1 is 1.24 bits per heavy atom. The molecule has 1 aliphatic heterocycles. The van der Waals surface area contributed by atoms with Gasteiger partial charge in [0, 0.05) is 5.69 Å². The van der Waals surface area contributed by atoms with Gasteiger partial charge in [-0.25, -0.2) is 4.79 Å². The van der Waals surface area contributed by atoms with Gasteiger partial charge in [-0.15, -0.1) is 0 Å². The number of ether oxygens (including phenoxy) is 3. The summed E-state index contributed by atoms with van der Waals surface area (Å²) in [7, 11) is 0. The highest BCUT2D eigenvalue weighted by molar-refractivity contribution is 5.94. The smallest absolute Gasteiger partial charge is 0.377 e. The molecular formula is C15H17NO5. The standard InChI is InChI=1S/C15H17NO5/c1-10-3-4-12(7-11(10)2)16-14(17)9-21-15(18)13-8-19-5-6-20-13/h3-4,7-8H,5-6,9H2,1-2H3,(H,16,17). The molecule has 0 spiro atoms. The molecule has 21 heavy (non-hydrogen) atoms. The molecule has 0 saturated heterocycles. The zero-order valence-corrected chi connectivity index (χ0v) is 12.0. The Morgan fingerprint density at radius 3 is 2.71 bits per heavy atom. The van der Waals surface area contributed by atoms with Crippen LogP contribution in [0.2, 0.25) is 0 Å². The number of hydrogen-bond acceptors (Lipinski definition) is 5. The van der Waals surface area contributed by atoms with Crippen LogP contribution in [0.4, 0.5) is 5.69 Å². The number of hydrogen-bond donors (Lipinski definition) is 1. The Labute approximate surface area is 122 Å². The van der Waals surface area contributed by atoms with Crippen LogP contribution in [0, 0.1) is 13.8 Å². The van der Waals surface area contributed by atoms with Gasteiger partial charge in [0.15, 0.2) is 6.61 Å². The maximum Gasteiger partial charge on any atom is 0.377 e. The van der Waals surface area contributed by atoms with Crippen molar-refractivity contribution in [3.8, 4) is 0 Å². The molecular weight excluding hydrogens is 274 g/mol. The van der Waals surface area contributed by atoms with Crippen molar-refractivity contribution in [2.75, 3.05) is 25.1 Å². The number of nitrogens with one attached hydrogen (secondary N) is 1. The third kappa shape index (κ3) is 4.24. The first-order valence-electron chi connectivity index (χ1n) is 6.55. The minimum Gasteiger partial charge on any atom is -0.493 e. The van der Waals surface area contributed by atoms with E-state index in [4.69, 9.17) is 14.2 Å². The van der Waals surface area contributed by atoms with E-state index in [0.29, 0.717) is 12.3 Å². The first-order chi connectivity index (χ1) is 10.1. The number of amides is 1. The van der Waals surface area contributed by atoms with Crippen LogP contribution < -0.4 is 5.32 Å². The maximum atomic E-state index is 11.7. The second-order valence-corrected chi connectivity index (χ2v) is 4.62. The fraction of sp³-hybridized carbons (Fsp3) is 0.333. The number of carbonyl (C=O) groups excluding carboxylic acids is 2. The summed E-state index contributed by atoms with van der Waals surface area (Å²) in [6, 6.07) is 5.56. The van der Waals surface area contributed by atoms with Gasteiger partial charge in [-0.05, 0) is 37.1 Å². The van der Waals surface area contributed by atoms with E-state index in [2.05, 4.69) is 5.32 Å². The quantitative estimate of drug-likeness (QED) is 0.854. The van der Waals surface area contributed by atoms with Crippen LogP contribution in [0.15, 0.2) is 30.2 Å². The molecule has 0 saturated carbocycles. The van der Waals surface area contributed by atoms with Crippen LogP contribution in [0.3, 0.4) is 0 Å². The number of carbonyl (C=O) groups is 2. The van der Waals surface area contributed by atoms with E-state index in [9.17, 15) is 9.59 Å². The number of benzene rings is 1. The molecule has 0 unspecified atom stereocenters. The van der Waals surface area contributed by atoms with Crippen LogP contribution in [0.5, 0.6) is 0 Å². The average Bonchev–Trinajstić information content (AvgIpc) is 2.49. The first kappa shape index (κ1) is 14.9. The number of aryl methyl sites for hydroxylation is 2. The molecule has 1 N–H and O–H groups in total. The largest absolute Gasteiger partial charge is 0.493 e. The van der Waals surface area contributed by atoms with Crippen molar-refractivity contribution in [1.82, 2.24) is 0 Å². The molecule has 1 heterocycles. The molecule has 1 amide bonds. The zero-order chi connectivity index (χ0) is 15.2. The predicted octanol–water partition coefficient (Wildman–Crippen LogP) is 1.67. The fourth-order valence-electron chi connectivity index (χ4n) is 1.69. The van der Waals surface area contributed by atoms with E-state index in [1.54, 1.807) is 6.07 Å². The summed E-state index contributed by atoms with van der Waals surface area (Å²) in [5, 5.41) is 2.66. The van der Waals surface area contributed by atoms with Gasteiger partial charge in [-0.2, -0.15) is 0 Å². The summed E-state index contributed by atoms with van der Waals surface area (Å²) >= 11 is 0. The molecule has 1 aromatic rings. The summed E-state index contributed by atoms with van der Waals surface area (Å²) in [5.74, 6) is -1.16. The number of anilines is 1. The van der Waals surface area contributed by atoms with Crippen molar-refractivity contribution in [2.24, 2.45) is 0 Å².